The molecule has 6 heteroatoms. The van der Waals surface area contributed by atoms with Gasteiger partial charge in [-0.1, -0.05) is 18.2 Å². The lowest BCUT2D eigenvalue weighted by atomic mass is 9.85. The van der Waals surface area contributed by atoms with Crippen molar-refractivity contribution in [3.8, 4) is 0 Å². The second-order valence-corrected chi connectivity index (χ2v) is 8.97. The lowest BCUT2D eigenvalue weighted by Gasteiger charge is -2.45. The minimum atomic E-state index is -0.318. The van der Waals surface area contributed by atoms with Crippen molar-refractivity contribution in [2.24, 2.45) is 0 Å². The number of carbonyl (C=O) groups is 2. The molecule has 0 saturated carbocycles. The number of amides is 2. The van der Waals surface area contributed by atoms with Crippen molar-refractivity contribution in [1.29, 1.82) is 0 Å². The molecule has 2 saturated heterocycles. The van der Waals surface area contributed by atoms with Crippen LogP contribution in [0.25, 0.3) is 0 Å². The van der Waals surface area contributed by atoms with Crippen LogP contribution in [0.4, 0.5) is 0 Å². The van der Waals surface area contributed by atoms with Gasteiger partial charge in [-0.3, -0.25) is 9.59 Å². The predicted octanol–water partition coefficient (Wildman–Crippen LogP) is 2.07. The van der Waals surface area contributed by atoms with Crippen LogP contribution in [-0.4, -0.2) is 76.8 Å². The zero-order valence-corrected chi connectivity index (χ0v) is 16.3. The van der Waals surface area contributed by atoms with E-state index >= 15 is 0 Å². The van der Waals surface area contributed by atoms with Crippen LogP contribution in [0.1, 0.15) is 35.2 Å². The van der Waals surface area contributed by atoms with Crippen LogP contribution >= 0.6 is 11.8 Å². The molecule has 2 fully saturated rings. The molecule has 0 radical (unpaired) electrons. The Morgan fingerprint density at radius 1 is 1.12 bits per heavy atom. The molecule has 0 N–H and O–H groups in total. The Morgan fingerprint density at radius 2 is 1.81 bits per heavy atom. The first-order chi connectivity index (χ1) is 12.6. The van der Waals surface area contributed by atoms with E-state index in [0.29, 0.717) is 13.0 Å². The molecule has 2 amide bonds. The van der Waals surface area contributed by atoms with E-state index in [1.165, 1.54) is 0 Å². The summed E-state index contributed by atoms with van der Waals surface area (Å²) in [5.74, 6) is 2.37. The molecule has 0 unspecified atom stereocenters. The monoisotopic (exact) mass is 373 g/mol. The van der Waals surface area contributed by atoms with Crippen molar-refractivity contribution >= 4 is 23.6 Å². The van der Waals surface area contributed by atoms with Gasteiger partial charge in [0.25, 0.3) is 5.91 Å². The van der Waals surface area contributed by atoms with Crippen molar-refractivity contribution in [1.82, 2.24) is 14.7 Å². The van der Waals surface area contributed by atoms with E-state index in [0.717, 1.165) is 61.7 Å². The number of rotatable bonds is 3. The van der Waals surface area contributed by atoms with Gasteiger partial charge < -0.3 is 14.7 Å². The third kappa shape index (κ3) is 3.25. The van der Waals surface area contributed by atoms with Crippen molar-refractivity contribution < 1.29 is 9.59 Å². The molecule has 140 valence electrons. The zero-order valence-electron chi connectivity index (χ0n) is 15.4. The molecule has 26 heavy (non-hydrogen) atoms. The fraction of sp³-hybridized carbons (Fsp3) is 0.600. The number of fused-ring (bicyclic) bond motifs is 1. The second kappa shape index (κ2) is 7.24. The number of carbonyl (C=O) groups excluding carboxylic acids is 2. The highest BCUT2D eigenvalue weighted by Crippen LogP contribution is 2.40. The molecule has 0 aliphatic carbocycles. The minimum absolute atomic E-state index is 0.110. The number of piperazine rings is 1. The van der Waals surface area contributed by atoms with E-state index in [1.807, 2.05) is 45.8 Å². The maximum absolute atomic E-state index is 13.1. The van der Waals surface area contributed by atoms with E-state index in [1.54, 1.807) is 0 Å². The summed E-state index contributed by atoms with van der Waals surface area (Å²) >= 11 is 1.93. The van der Waals surface area contributed by atoms with Crippen molar-refractivity contribution in [3.05, 3.63) is 35.4 Å². The van der Waals surface area contributed by atoms with E-state index in [-0.39, 0.29) is 17.4 Å². The highest BCUT2D eigenvalue weighted by atomic mass is 32.2. The Balaban J connectivity index is 1.55. The van der Waals surface area contributed by atoms with Crippen LogP contribution in [0.2, 0.25) is 0 Å². The van der Waals surface area contributed by atoms with Crippen LogP contribution in [-0.2, 0) is 11.3 Å². The van der Waals surface area contributed by atoms with Crippen LogP contribution in [0, 0.1) is 0 Å². The molecule has 4 rings (SSSR count). The van der Waals surface area contributed by atoms with Gasteiger partial charge in [0.05, 0.1) is 12.0 Å². The molecule has 1 aromatic rings. The fourth-order valence-electron chi connectivity index (χ4n) is 4.38. The Hall–Kier alpha value is -1.53. The number of hydrogen-bond donors (Lipinski definition) is 0. The van der Waals surface area contributed by atoms with E-state index in [4.69, 9.17) is 0 Å². The van der Waals surface area contributed by atoms with Gasteiger partial charge in [0.1, 0.15) is 0 Å². The number of likely N-dealkylation sites (N-methyl/N-ethyl adjacent to an activating group) is 1. The second-order valence-electron chi connectivity index (χ2n) is 7.75. The standard InChI is InChI=1S/C20H27N3O2S/c1-21-8-10-22(11-9-21)18(24)14-20(6-12-26-13-7-20)23-15-16-4-2-3-5-17(16)19(23)25/h2-5H,6-15H2,1H3. The molecule has 1 aromatic carbocycles. The average molecular weight is 374 g/mol. The highest BCUT2D eigenvalue weighted by molar-refractivity contribution is 7.99. The number of thioether (sulfide) groups is 1. The highest BCUT2D eigenvalue weighted by Gasteiger charge is 2.46. The summed E-state index contributed by atoms with van der Waals surface area (Å²) in [6, 6.07) is 7.89. The molecule has 3 aliphatic rings. The van der Waals surface area contributed by atoms with Gasteiger partial charge in [0.15, 0.2) is 0 Å². The third-order valence-corrected chi connectivity index (χ3v) is 7.14. The van der Waals surface area contributed by atoms with Crippen LogP contribution in [0.15, 0.2) is 24.3 Å². The Bertz CT molecular complexity index is 694. The Kier molecular flexibility index (Phi) is 4.97. The SMILES string of the molecule is CN1CCN(C(=O)CC2(N3Cc4ccccc4C3=O)CCSCC2)CC1. The Labute approximate surface area is 159 Å². The van der Waals surface area contributed by atoms with E-state index in [9.17, 15) is 9.59 Å². The lowest BCUT2D eigenvalue weighted by Crippen LogP contribution is -2.55. The van der Waals surface area contributed by atoms with Gasteiger partial charge in [-0.05, 0) is 43.0 Å². The molecule has 0 atom stereocenters. The Morgan fingerprint density at radius 3 is 2.50 bits per heavy atom. The topological polar surface area (TPSA) is 43.9 Å². The summed E-state index contributed by atoms with van der Waals surface area (Å²) in [4.78, 5) is 32.4. The van der Waals surface area contributed by atoms with Crippen molar-refractivity contribution in [2.45, 2.75) is 31.3 Å². The number of nitrogens with zero attached hydrogens (tertiary/aromatic N) is 3. The first-order valence-electron chi connectivity index (χ1n) is 9.53. The van der Waals surface area contributed by atoms with Crippen LogP contribution in [0.3, 0.4) is 0 Å². The molecule has 0 aromatic heterocycles. The van der Waals surface area contributed by atoms with Crippen molar-refractivity contribution in [3.63, 3.8) is 0 Å². The van der Waals surface area contributed by atoms with Gasteiger partial charge in [-0.25, -0.2) is 0 Å². The first-order valence-corrected chi connectivity index (χ1v) is 10.7. The normalized spacial score (nSPS) is 23.2. The van der Waals surface area contributed by atoms with E-state index in [2.05, 4.69) is 11.9 Å². The maximum atomic E-state index is 13.1. The zero-order chi connectivity index (χ0) is 18.1. The van der Waals surface area contributed by atoms with E-state index < -0.39 is 0 Å². The molecule has 0 spiro atoms. The smallest absolute Gasteiger partial charge is 0.254 e. The maximum Gasteiger partial charge on any atom is 0.254 e. The molecule has 0 bridgehead atoms. The van der Waals surface area contributed by atoms with Crippen LogP contribution in [0.5, 0.6) is 0 Å². The summed E-state index contributed by atoms with van der Waals surface area (Å²) in [6.45, 7) is 4.11. The van der Waals surface area contributed by atoms with Crippen LogP contribution < -0.4 is 0 Å². The lowest BCUT2D eigenvalue weighted by molar-refractivity contribution is -0.135. The third-order valence-electron chi connectivity index (χ3n) is 6.15. The summed E-state index contributed by atoms with van der Waals surface area (Å²) in [7, 11) is 2.10. The predicted molar refractivity (Wildman–Crippen MR) is 104 cm³/mol. The molecule has 5 nitrogen and oxygen atoms in total. The van der Waals surface area contributed by atoms with Gasteiger partial charge in [-0.2, -0.15) is 11.8 Å². The molecule has 3 aliphatic heterocycles. The quantitative estimate of drug-likeness (QED) is 0.814. The summed E-state index contributed by atoms with van der Waals surface area (Å²) in [5.41, 5.74) is 1.60. The minimum Gasteiger partial charge on any atom is -0.340 e. The van der Waals surface area contributed by atoms with Gasteiger partial charge in [-0.15, -0.1) is 0 Å². The summed E-state index contributed by atoms with van der Waals surface area (Å²) < 4.78 is 0. The number of hydrogen-bond acceptors (Lipinski definition) is 4. The molecule has 3 heterocycles. The molecular weight excluding hydrogens is 346 g/mol. The molecular formula is C20H27N3O2S. The van der Waals surface area contributed by atoms with Crippen molar-refractivity contribution in [2.75, 3.05) is 44.7 Å². The van der Waals surface area contributed by atoms with Gasteiger partial charge in [0.2, 0.25) is 5.91 Å². The fourth-order valence-corrected chi connectivity index (χ4v) is 5.63. The summed E-state index contributed by atoms with van der Waals surface area (Å²) in [5, 5.41) is 0. The van der Waals surface area contributed by atoms with Gasteiger partial charge in [0, 0.05) is 38.3 Å². The van der Waals surface area contributed by atoms with Gasteiger partial charge >= 0.3 is 0 Å². The average Bonchev–Trinajstić information content (AvgIpc) is 3.01. The summed E-state index contributed by atoms with van der Waals surface area (Å²) in [6.07, 6.45) is 2.30. The number of benzene rings is 1. The first kappa shape index (κ1) is 17.9. The largest absolute Gasteiger partial charge is 0.340 e.